The van der Waals surface area contributed by atoms with Crippen LogP contribution >= 0.6 is 11.6 Å². The molecule has 0 aliphatic rings. The van der Waals surface area contributed by atoms with Gasteiger partial charge in [0.25, 0.3) is 0 Å². The zero-order valence-corrected chi connectivity index (χ0v) is 6.35. The van der Waals surface area contributed by atoms with E-state index in [1.807, 2.05) is 13.8 Å². The first-order valence-electron chi connectivity index (χ1n) is 2.96. The second-order valence-electron chi connectivity index (χ2n) is 2.13. The lowest BCUT2D eigenvalue weighted by Crippen LogP contribution is -2.20. The Labute approximate surface area is 59.8 Å². The van der Waals surface area contributed by atoms with Crippen LogP contribution in [-0.4, -0.2) is 16.5 Å². The Morgan fingerprint density at radius 1 is 1.78 bits per heavy atom. The molecule has 0 rings (SSSR count). The monoisotopic (exact) mass is 150 g/mol. The standard InChI is InChI=1S/C6H11ClO2/c1-3-4(2)5(7)6(8)9/h4-5H,3H2,1-2H3,(H,8,9)/t4-,5+/m1/s1. The van der Waals surface area contributed by atoms with Gasteiger partial charge in [-0.15, -0.1) is 11.6 Å². The highest BCUT2D eigenvalue weighted by Crippen LogP contribution is 2.13. The van der Waals surface area contributed by atoms with E-state index < -0.39 is 11.3 Å². The van der Waals surface area contributed by atoms with Crippen molar-refractivity contribution in [1.82, 2.24) is 0 Å². The number of aliphatic carboxylic acids is 1. The van der Waals surface area contributed by atoms with E-state index in [9.17, 15) is 4.79 Å². The van der Waals surface area contributed by atoms with Crippen molar-refractivity contribution < 1.29 is 9.90 Å². The third kappa shape index (κ3) is 2.70. The van der Waals surface area contributed by atoms with Crippen LogP contribution in [0.15, 0.2) is 0 Å². The Morgan fingerprint density at radius 2 is 2.22 bits per heavy atom. The molecular formula is C6H11ClO2. The molecule has 0 saturated heterocycles. The largest absolute Gasteiger partial charge is 0.480 e. The molecule has 0 aromatic carbocycles. The normalized spacial score (nSPS) is 16.8. The second-order valence-corrected chi connectivity index (χ2v) is 2.60. The lowest BCUT2D eigenvalue weighted by Gasteiger charge is -2.09. The fraction of sp³-hybridized carbons (Fsp3) is 0.833. The summed E-state index contributed by atoms with van der Waals surface area (Å²) in [4.78, 5) is 10.2. The molecule has 0 saturated carbocycles. The van der Waals surface area contributed by atoms with E-state index in [0.29, 0.717) is 0 Å². The summed E-state index contributed by atoms with van der Waals surface area (Å²) in [5, 5.41) is 7.62. The van der Waals surface area contributed by atoms with Crippen molar-refractivity contribution in [2.24, 2.45) is 5.92 Å². The maximum absolute atomic E-state index is 10.2. The predicted octanol–water partition coefficient (Wildman–Crippen LogP) is 1.72. The van der Waals surface area contributed by atoms with E-state index in [4.69, 9.17) is 16.7 Å². The molecule has 0 fully saturated rings. The summed E-state index contributed by atoms with van der Waals surface area (Å²) in [6, 6.07) is 0. The minimum atomic E-state index is -0.925. The molecule has 3 heteroatoms. The Balaban J connectivity index is 3.72. The number of hydrogen-bond acceptors (Lipinski definition) is 1. The van der Waals surface area contributed by atoms with Gasteiger partial charge in [-0.3, -0.25) is 4.79 Å². The highest BCUT2D eigenvalue weighted by molar-refractivity contribution is 6.29. The lowest BCUT2D eigenvalue weighted by atomic mass is 10.1. The predicted molar refractivity (Wildman–Crippen MR) is 36.7 cm³/mol. The van der Waals surface area contributed by atoms with Gasteiger partial charge in [0.05, 0.1) is 0 Å². The average Bonchev–Trinajstić information content (AvgIpc) is 1.84. The second kappa shape index (κ2) is 3.72. The molecule has 0 aliphatic carbocycles. The molecule has 0 heterocycles. The van der Waals surface area contributed by atoms with Crippen molar-refractivity contribution in [3.05, 3.63) is 0 Å². The summed E-state index contributed by atoms with van der Waals surface area (Å²) in [5.74, 6) is -0.866. The van der Waals surface area contributed by atoms with E-state index in [0.717, 1.165) is 6.42 Å². The van der Waals surface area contributed by atoms with Crippen LogP contribution in [0.3, 0.4) is 0 Å². The molecule has 9 heavy (non-hydrogen) atoms. The summed E-state index contributed by atoms with van der Waals surface area (Å²) in [6.45, 7) is 3.74. The molecule has 2 nitrogen and oxygen atoms in total. The Bertz CT molecular complexity index is 103. The zero-order chi connectivity index (χ0) is 7.44. The van der Waals surface area contributed by atoms with E-state index in [-0.39, 0.29) is 5.92 Å². The summed E-state index contributed by atoms with van der Waals surface area (Å²) >= 11 is 5.47. The smallest absolute Gasteiger partial charge is 0.321 e. The SMILES string of the molecule is CC[C@@H](C)[C@H](Cl)C(=O)O. The molecular weight excluding hydrogens is 140 g/mol. The average molecular weight is 151 g/mol. The van der Waals surface area contributed by atoms with Gasteiger partial charge >= 0.3 is 5.97 Å². The maximum Gasteiger partial charge on any atom is 0.321 e. The molecule has 1 N–H and O–H groups in total. The van der Waals surface area contributed by atoms with E-state index >= 15 is 0 Å². The summed E-state index contributed by atoms with van der Waals surface area (Å²) < 4.78 is 0. The molecule has 0 aliphatic heterocycles. The van der Waals surface area contributed by atoms with Gasteiger partial charge in [-0.25, -0.2) is 0 Å². The third-order valence-electron chi connectivity index (χ3n) is 1.38. The van der Waals surface area contributed by atoms with Crippen LogP contribution in [0.1, 0.15) is 20.3 Å². The van der Waals surface area contributed by atoms with Gasteiger partial charge in [-0.1, -0.05) is 20.3 Å². The lowest BCUT2D eigenvalue weighted by molar-refractivity contribution is -0.137. The van der Waals surface area contributed by atoms with Gasteiger partial charge in [0.15, 0.2) is 0 Å². The van der Waals surface area contributed by atoms with Crippen LogP contribution in [0.25, 0.3) is 0 Å². The van der Waals surface area contributed by atoms with Gasteiger partial charge in [-0.05, 0) is 5.92 Å². The molecule has 2 atom stereocenters. The number of carbonyl (C=O) groups is 1. The number of carboxylic acids is 1. The molecule has 0 spiro atoms. The zero-order valence-electron chi connectivity index (χ0n) is 5.60. The van der Waals surface area contributed by atoms with Crippen LogP contribution in [-0.2, 0) is 4.79 Å². The van der Waals surface area contributed by atoms with Gasteiger partial charge in [0.2, 0.25) is 0 Å². The van der Waals surface area contributed by atoms with Crippen molar-refractivity contribution in [3.63, 3.8) is 0 Å². The highest BCUT2D eigenvalue weighted by atomic mass is 35.5. The minimum Gasteiger partial charge on any atom is -0.480 e. The van der Waals surface area contributed by atoms with Gasteiger partial charge < -0.3 is 5.11 Å². The first-order valence-corrected chi connectivity index (χ1v) is 3.40. The molecule has 0 radical (unpaired) electrons. The molecule has 0 bridgehead atoms. The first kappa shape index (κ1) is 8.76. The van der Waals surface area contributed by atoms with Crippen LogP contribution in [0.4, 0.5) is 0 Å². The number of halogens is 1. The van der Waals surface area contributed by atoms with Crippen molar-refractivity contribution in [1.29, 1.82) is 0 Å². The first-order chi connectivity index (χ1) is 4.09. The van der Waals surface area contributed by atoms with Crippen molar-refractivity contribution in [2.75, 3.05) is 0 Å². The maximum atomic E-state index is 10.2. The minimum absolute atomic E-state index is 0.0594. The Morgan fingerprint density at radius 3 is 2.33 bits per heavy atom. The van der Waals surface area contributed by atoms with E-state index in [1.165, 1.54) is 0 Å². The van der Waals surface area contributed by atoms with Crippen LogP contribution in [0.5, 0.6) is 0 Å². The number of hydrogen-bond donors (Lipinski definition) is 1. The quantitative estimate of drug-likeness (QED) is 0.623. The summed E-state index contributed by atoms with van der Waals surface area (Å²) in [5.41, 5.74) is 0. The number of carboxylic acid groups (broad SMARTS) is 1. The third-order valence-corrected chi connectivity index (χ3v) is 2.00. The molecule has 0 amide bonds. The van der Waals surface area contributed by atoms with Crippen molar-refractivity contribution in [2.45, 2.75) is 25.6 Å². The molecule has 0 unspecified atom stereocenters. The van der Waals surface area contributed by atoms with E-state index in [2.05, 4.69) is 0 Å². The van der Waals surface area contributed by atoms with Crippen LogP contribution < -0.4 is 0 Å². The van der Waals surface area contributed by atoms with Crippen molar-refractivity contribution in [3.8, 4) is 0 Å². The van der Waals surface area contributed by atoms with Gasteiger partial charge in [0.1, 0.15) is 5.38 Å². The Hall–Kier alpha value is -0.240. The van der Waals surface area contributed by atoms with Crippen molar-refractivity contribution >= 4 is 17.6 Å². The van der Waals surface area contributed by atoms with Gasteiger partial charge in [0, 0.05) is 0 Å². The fourth-order valence-electron chi connectivity index (χ4n) is 0.450. The highest BCUT2D eigenvalue weighted by Gasteiger charge is 2.19. The number of rotatable bonds is 3. The molecule has 54 valence electrons. The van der Waals surface area contributed by atoms with Crippen LogP contribution in [0.2, 0.25) is 0 Å². The van der Waals surface area contributed by atoms with E-state index in [1.54, 1.807) is 0 Å². The summed E-state index contributed by atoms with van der Waals surface area (Å²) in [7, 11) is 0. The molecule has 0 aromatic rings. The van der Waals surface area contributed by atoms with Gasteiger partial charge in [-0.2, -0.15) is 0 Å². The van der Waals surface area contributed by atoms with Crippen LogP contribution in [0, 0.1) is 5.92 Å². The topological polar surface area (TPSA) is 37.3 Å². The summed E-state index contributed by atoms with van der Waals surface area (Å²) in [6.07, 6.45) is 0.806. The molecule has 0 aromatic heterocycles. The Kier molecular flexibility index (Phi) is 3.62. The number of alkyl halides is 1. The fourth-order valence-corrected chi connectivity index (χ4v) is 0.629.